The van der Waals surface area contributed by atoms with Crippen molar-refractivity contribution in [2.24, 2.45) is 0 Å². The van der Waals surface area contributed by atoms with E-state index in [2.05, 4.69) is 11.1 Å². The van der Waals surface area contributed by atoms with Crippen molar-refractivity contribution in [1.82, 2.24) is 9.55 Å². The van der Waals surface area contributed by atoms with E-state index in [9.17, 15) is 8.78 Å². The minimum atomic E-state index is -0.568. The molecule has 0 aliphatic carbocycles. The predicted octanol–water partition coefficient (Wildman–Crippen LogP) is 4.93. The highest BCUT2D eigenvalue weighted by molar-refractivity contribution is 5.69. The SMILES string of the molecule is CC(=CCn1ccnc1)c1ccc(-c2ccc(F)cc2F)cc1. The molecular weight excluding hydrogens is 294 g/mol. The molecule has 0 atom stereocenters. The third-order valence-electron chi connectivity index (χ3n) is 3.75. The van der Waals surface area contributed by atoms with E-state index in [-0.39, 0.29) is 0 Å². The van der Waals surface area contributed by atoms with Crippen LogP contribution in [-0.2, 0) is 6.54 Å². The van der Waals surface area contributed by atoms with Gasteiger partial charge in [-0.3, -0.25) is 0 Å². The number of rotatable bonds is 4. The van der Waals surface area contributed by atoms with Crippen LogP contribution in [0.1, 0.15) is 12.5 Å². The maximum absolute atomic E-state index is 13.8. The van der Waals surface area contributed by atoms with Crippen LogP contribution in [0.3, 0.4) is 0 Å². The summed E-state index contributed by atoms with van der Waals surface area (Å²) in [6.07, 6.45) is 7.53. The van der Waals surface area contributed by atoms with Gasteiger partial charge in [-0.2, -0.15) is 0 Å². The predicted molar refractivity (Wildman–Crippen MR) is 87.7 cm³/mol. The molecule has 1 aromatic heterocycles. The fraction of sp³-hybridized carbons (Fsp3) is 0.105. The molecule has 23 heavy (non-hydrogen) atoms. The summed E-state index contributed by atoms with van der Waals surface area (Å²) in [6, 6.07) is 11.2. The number of halogens is 2. The van der Waals surface area contributed by atoms with Gasteiger partial charge in [-0.15, -0.1) is 0 Å². The van der Waals surface area contributed by atoms with Crippen LogP contribution in [0.2, 0.25) is 0 Å². The summed E-state index contributed by atoms with van der Waals surface area (Å²) in [5, 5.41) is 0. The summed E-state index contributed by atoms with van der Waals surface area (Å²) in [5.41, 5.74) is 3.33. The summed E-state index contributed by atoms with van der Waals surface area (Å²) in [4.78, 5) is 4.00. The van der Waals surface area contributed by atoms with Crippen molar-refractivity contribution in [3.63, 3.8) is 0 Å². The number of hydrogen-bond donors (Lipinski definition) is 0. The number of nitrogens with zero attached hydrogens (tertiary/aromatic N) is 2. The molecule has 4 heteroatoms. The first-order valence-electron chi connectivity index (χ1n) is 7.32. The lowest BCUT2D eigenvalue weighted by Gasteiger charge is -2.07. The third kappa shape index (κ3) is 3.54. The second kappa shape index (κ2) is 6.57. The first kappa shape index (κ1) is 15.2. The van der Waals surface area contributed by atoms with Crippen LogP contribution < -0.4 is 0 Å². The van der Waals surface area contributed by atoms with E-state index >= 15 is 0 Å². The number of aromatic nitrogens is 2. The molecule has 3 rings (SSSR count). The van der Waals surface area contributed by atoms with Gasteiger partial charge in [0.15, 0.2) is 0 Å². The Morgan fingerprint density at radius 2 is 1.91 bits per heavy atom. The normalized spacial score (nSPS) is 11.7. The molecule has 0 unspecified atom stereocenters. The Hall–Kier alpha value is -2.75. The minimum absolute atomic E-state index is 0.401. The highest BCUT2D eigenvalue weighted by atomic mass is 19.1. The molecule has 3 aromatic rings. The number of benzene rings is 2. The molecule has 2 aromatic carbocycles. The molecule has 0 saturated heterocycles. The van der Waals surface area contributed by atoms with Gasteiger partial charge in [0, 0.05) is 30.6 Å². The van der Waals surface area contributed by atoms with Crippen LogP contribution in [0.15, 0.2) is 67.3 Å². The van der Waals surface area contributed by atoms with Gasteiger partial charge >= 0.3 is 0 Å². The Bertz CT molecular complexity index is 819. The van der Waals surface area contributed by atoms with Crippen molar-refractivity contribution in [3.05, 3.63) is 84.5 Å². The molecule has 2 nitrogen and oxygen atoms in total. The topological polar surface area (TPSA) is 17.8 Å². The van der Waals surface area contributed by atoms with Gasteiger partial charge in [0.2, 0.25) is 0 Å². The zero-order chi connectivity index (χ0) is 16.2. The zero-order valence-electron chi connectivity index (χ0n) is 12.7. The van der Waals surface area contributed by atoms with E-state index in [0.29, 0.717) is 5.56 Å². The van der Waals surface area contributed by atoms with Gasteiger partial charge in [-0.05, 0) is 35.8 Å². The molecular formula is C19H16F2N2. The largest absolute Gasteiger partial charge is 0.334 e. The molecule has 0 aliphatic heterocycles. The zero-order valence-corrected chi connectivity index (χ0v) is 12.7. The summed E-state index contributed by atoms with van der Waals surface area (Å²) in [6.45, 7) is 2.78. The summed E-state index contributed by atoms with van der Waals surface area (Å²) >= 11 is 0. The van der Waals surface area contributed by atoms with Crippen LogP contribution in [0, 0.1) is 11.6 Å². The first-order valence-corrected chi connectivity index (χ1v) is 7.32. The van der Waals surface area contributed by atoms with Gasteiger partial charge in [0.05, 0.1) is 6.33 Å². The average Bonchev–Trinajstić information content (AvgIpc) is 3.06. The van der Waals surface area contributed by atoms with E-state index in [0.717, 1.165) is 29.3 Å². The smallest absolute Gasteiger partial charge is 0.133 e. The highest BCUT2D eigenvalue weighted by Gasteiger charge is 2.06. The fourth-order valence-corrected chi connectivity index (χ4v) is 2.39. The molecule has 0 aliphatic rings. The minimum Gasteiger partial charge on any atom is -0.334 e. The molecule has 0 radical (unpaired) electrons. The Morgan fingerprint density at radius 3 is 2.57 bits per heavy atom. The lowest BCUT2D eigenvalue weighted by atomic mass is 10.0. The molecule has 1 heterocycles. The lowest BCUT2D eigenvalue weighted by molar-refractivity contribution is 0.585. The standard InChI is InChI=1S/C19H16F2N2/c1-14(8-10-23-11-9-22-13-23)15-2-4-16(5-3-15)18-7-6-17(20)12-19(18)21/h2-9,11-13H,10H2,1H3. The van der Waals surface area contributed by atoms with E-state index in [4.69, 9.17) is 0 Å². The Labute approximate surface area is 133 Å². The molecule has 0 spiro atoms. The molecule has 0 fully saturated rings. The van der Waals surface area contributed by atoms with Crippen molar-refractivity contribution in [2.75, 3.05) is 0 Å². The van der Waals surface area contributed by atoms with Gasteiger partial charge in [-0.1, -0.05) is 30.3 Å². The van der Waals surface area contributed by atoms with Gasteiger partial charge < -0.3 is 4.57 Å². The number of allylic oxidation sites excluding steroid dienone is 2. The summed E-state index contributed by atoms with van der Waals surface area (Å²) in [7, 11) is 0. The Balaban J connectivity index is 1.80. The Morgan fingerprint density at radius 1 is 1.13 bits per heavy atom. The van der Waals surface area contributed by atoms with E-state index in [1.807, 2.05) is 42.0 Å². The van der Waals surface area contributed by atoms with Crippen molar-refractivity contribution in [3.8, 4) is 11.1 Å². The first-order chi connectivity index (χ1) is 11.1. The van der Waals surface area contributed by atoms with Crippen LogP contribution in [0.4, 0.5) is 8.78 Å². The third-order valence-corrected chi connectivity index (χ3v) is 3.75. The van der Waals surface area contributed by atoms with E-state index in [1.54, 1.807) is 12.5 Å². The van der Waals surface area contributed by atoms with Gasteiger partial charge in [-0.25, -0.2) is 13.8 Å². The summed E-state index contributed by atoms with van der Waals surface area (Å²) < 4.78 is 28.8. The second-order valence-electron chi connectivity index (χ2n) is 5.35. The molecule has 0 N–H and O–H groups in total. The van der Waals surface area contributed by atoms with Gasteiger partial charge in [0.1, 0.15) is 11.6 Å². The van der Waals surface area contributed by atoms with Crippen molar-refractivity contribution >= 4 is 5.57 Å². The molecule has 116 valence electrons. The Kier molecular flexibility index (Phi) is 4.33. The number of imidazole rings is 1. The average molecular weight is 310 g/mol. The quantitative estimate of drug-likeness (QED) is 0.668. The van der Waals surface area contributed by atoms with Crippen LogP contribution in [0.5, 0.6) is 0 Å². The molecule has 0 saturated carbocycles. The van der Waals surface area contributed by atoms with Crippen molar-refractivity contribution in [1.29, 1.82) is 0 Å². The van der Waals surface area contributed by atoms with Crippen molar-refractivity contribution in [2.45, 2.75) is 13.5 Å². The molecule has 0 amide bonds. The maximum Gasteiger partial charge on any atom is 0.133 e. The second-order valence-corrected chi connectivity index (χ2v) is 5.35. The highest BCUT2D eigenvalue weighted by Crippen LogP contribution is 2.25. The van der Waals surface area contributed by atoms with Crippen molar-refractivity contribution < 1.29 is 8.78 Å². The summed E-state index contributed by atoms with van der Waals surface area (Å²) in [5.74, 6) is -1.12. The lowest BCUT2D eigenvalue weighted by Crippen LogP contribution is -1.91. The number of hydrogen-bond acceptors (Lipinski definition) is 1. The monoisotopic (exact) mass is 310 g/mol. The van der Waals surface area contributed by atoms with E-state index < -0.39 is 11.6 Å². The van der Waals surface area contributed by atoms with E-state index in [1.165, 1.54) is 12.1 Å². The molecule has 0 bridgehead atoms. The fourth-order valence-electron chi connectivity index (χ4n) is 2.39. The maximum atomic E-state index is 13.8. The van der Waals surface area contributed by atoms with Crippen LogP contribution in [0.25, 0.3) is 16.7 Å². The van der Waals surface area contributed by atoms with Gasteiger partial charge in [0.25, 0.3) is 0 Å². The van der Waals surface area contributed by atoms with Crippen LogP contribution in [-0.4, -0.2) is 9.55 Å². The van der Waals surface area contributed by atoms with Crippen LogP contribution >= 0.6 is 0 Å².